The summed E-state index contributed by atoms with van der Waals surface area (Å²) >= 11 is 0.851. The first-order valence-corrected chi connectivity index (χ1v) is 3.83. The second-order valence-corrected chi connectivity index (χ2v) is 2.48. The van der Waals surface area contributed by atoms with E-state index in [4.69, 9.17) is 4.55 Å². The van der Waals surface area contributed by atoms with Crippen LogP contribution in [-0.2, 0) is 0 Å². The largest absolute Gasteiger partial charge is 0.329 e. The molecule has 1 unspecified atom stereocenters. The molecule has 0 spiro atoms. The molecule has 9 heavy (non-hydrogen) atoms. The lowest BCUT2D eigenvalue weighted by Gasteiger charge is -2.09. The Bertz CT molecular complexity index is 73.5. The first-order chi connectivity index (χ1) is 4.35. The Kier molecular flexibility index (Phi) is 6.14. The fourth-order valence-electron chi connectivity index (χ4n) is 0.471. The highest BCUT2D eigenvalue weighted by molar-refractivity contribution is 7.94. The maximum Gasteiger partial charge on any atom is 0.0795 e. The van der Waals surface area contributed by atoms with Crippen molar-refractivity contribution in [1.29, 1.82) is 0 Å². The summed E-state index contributed by atoms with van der Waals surface area (Å²) in [4.78, 5) is 0. The molecule has 0 aliphatic rings. The summed E-state index contributed by atoms with van der Waals surface area (Å²) in [5, 5.41) is 3.22. The molecular weight excluding hydrogens is 134 g/mol. The van der Waals surface area contributed by atoms with Crippen LogP contribution in [0.2, 0.25) is 0 Å². The number of rotatable bonds is 5. The van der Waals surface area contributed by atoms with E-state index in [1.165, 1.54) is 0 Å². The normalized spacial score (nSPS) is 13.1. The summed E-state index contributed by atoms with van der Waals surface area (Å²) in [5.41, 5.74) is 0. The molecule has 2 nitrogen and oxygen atoms in total. The molecule has 0 rings (SSSR count). The van der Waals surface area contributed by atoms with E-state index in [9.17, 15) is 0 Å². The van der Waals surface area contributed by atoms with E-state index < -0.39 is 0 Å². The summed E-state index contributed by atoms with van der Waals surface area (Å²) in [6, 6.07) is 0. The smallest absolute Gasteiger partial charge is 0.0795 e. The zero-order chi connectivity index (χ0) is 7.11. The van der Waals surface area contributed by atoms with Gasteiger partial charge in [0.05, 0.1) is 5.37 Å². The molecule has 0 amide bonds. The molecule has 0 saturated carbocycles. The summed E-state index contributed by atoms with van der Waals surface area (Å²) in [7, 11) is 0. The van der Waals surface area contributed by atoms with Gasteiger partial charge >= 0.3 is 0 Å². The molecule has 0 aromatic heterocycles. The Morgan fingerprint density at radius 1 is 1.89 bits per heavy atom. The summed E-state index contributed by atoms with van der Waals surface area (Å²) in [6.07, 6.45) is 2.70. The van der Waals surface area contributed by atoms with Gasteiger partial charge in [-0.3, -0.25) is 5.32 Å². The van der Waals surface area contributed by atoms with Crippen molar-refractivity contribution in [3.63, 3.8) is 0 Å². The molecule has 0 heterocycles. The van der Waals surface area contributed by atoms with E-state index in [2.05, 4.69) is 11.9 Å². The third kappa shape index (κ3) is 4.51. The maximum absolute atomic E-state index is 8.57. The molecule has 2 N–H and O–H groups in total. The third-order valence-corrected chi connectivity index (χ3v) is 1.74. The van der Waals surface area contributed by atoms with Crippen LogP contribution in [0.5, 0.6) is 0 Å². The van der Waals surface area contributed by atoms with Crippen LogP contribution in [0.15, 0.2) is 12.7 Å². The predicted octanol–water partition coefficient (Wildman–Crippen LogP) is 1.70. The minimum absolute atomic E-state index is 0.156. The van der Waals surface area contributed by atoms with Crippen molar-refractivity contribution in [3.8, 4) is 0 Å². The van der Waals surface area contributed by atoms with E-state index in [1.807, 2.05) is 6.92 Å². The molecule has 0 aromatic carbocycles. The van der Waals surface area contributed by atoms with E-state index in [1.54, 1.807) is 6.08 Å². The molecule has 0 saturated heterocycles. The van der Waals surface area contributed by atoms with Crippen molar-refractivity contribution in [3.05, 3.63) is 12.7 Å². The molecule has 0 aliphatic carbocycles. The molecule has 1 atom stereocenters. The number of hydrogen-bond donors (Lipinski definition) is 2. The fourth-order valence-corrected chi connectivity index (χ4v) is 0.791. The molecular formula is C6H13NOS. The monoisotopic (exact) mass is 147 g/mol. The van der Waals surface area contributed by atoms with Crippen LogP contribution in [0.3, 0.4) is 0 Å². The van der Waals surface area contributed by atoms with Gasteiger partial charge in [0.1, 0.15) is 0 Å². The molecule has 3 heteroatoms. The van der Waals surface area contributed by atoms with Gasteiger partial charge in [-0.1, -0.05) is 13.0 Å². The lowest BCUT2D eigenvalue weighted by atomic mass is 10.4. The highest BCUT2D eigenvalue weighted by Crippen LogP contribution is 2.04. The number of nitrogens with one attached hydrogen (secondary N) is 1. The van der Waals surface area contributed by atoms with E-state index in [-0.39, 0.29) is 5.37 Å². The summed E-state index contributed by atoms with van der Waals surface area (Å²) < 4.78 is 8.57. The zero-order valence-corrected chi connectivity index (χ0v) is 6.45. The van der Waals surface area contributed by atoms with Gasteiger partial charge < -0.3 is 4.55 Å². The molecule has 0 radical (unpaired) electrons. The lowest BCUT2D eigenvalue weighted by molar-refractivity contribution is 0.604. The minimum Gasteiger partial charge on any atom is -0.329 e. The Morgan fingerprint density at radius 2 is 2.56 bits per heavy atom. The Morgan fingerprint density at radius 3 is 2.89 bits per heavy atom. The predicted molar refractivity (Wildman–Crippen MR) is 42.5 cm³/mol. The van der Waals surface area contributed by atoms with Crippen molar-refractivity contribution in [2.24, 2.45) is 0 Å². The van der Waals surface area contributed by atoms with Gasteiger partial charge in [-0.25, -0.2) is 0 Å². The Balaban J connectivity index is 3.19. The van der Waals surface area contributed by atoms with Crippen molar-refractivity contribution < 1.29 is 4.55 Å². The van der Waals surface area contributed by atoms with Crippen molar-refractivity contribution >= 4 is 12.0 Å². The van der Waals surface area contributed by atoms with Crippen LogP contribution in [0.25, 0.3) is 0 Å². The summed E-state index contributed by atoms with van der Waals surface area (Å²) in [5.74, 6) is 0. The van der Waals surface area contributed by atoms with Crippen LogP contribution in [-0.4, -0.2) is 16.5 Å². The van der Waals surface area contributed by atoms with Gasteiger partial charge in [-0.2, -0.15) is 0 Å². The van der Waals surface area contributed by atoms with Crippen LogP contribution < -0.4 is 5.32 Å². The van der Waals surface area contributed by atoms with Gasteiger partial charge in [-0.05, 0) is 6.42 Å². The third-order valence-electron chi connectivity index (χ3n) is 0.988. The van der Waals surface area contributed by atoms with Crippen LogP contribution in [0.1, 0.15) is 13.3 Å². The molecule has 54 valence electrons. The van der Waals surface area contributed by atoms with Crippen LogP contribution in [0, 0.1) is 0 Å². The maximum atomic E-state index is 8.57. The quantitative estimate of drug-likeness (QED) is 0.353. The minimum atomic E-state index is 0.156. The van der Waals surface area contributed by atoms with E-state index in [0.717, 1.165) is 25.0 Å². The second-order valence-electron chi connectivity index (χ2n) is 1.70. The molecule has 0 fully saturated rings. The summed E-state index contributed by atoms with van der Waals surface area (Å²) in [6.45, 7) is 6.32. The highest BCUT2D eigenvalue weighted by Gasteiger charge is 2.00. The van der Waals surface area contributed by atoms with Crippen molar-refractivity contribution in [2.75, 3.05) is 6.54 Å². The Labute approximate surface area is 60.6 Å². The SMILES string of the molecule is C=CCNC(CC)SO. The van der Waals surface area contributed by atoms with E-state index in [0.29, 0.717) is 0 Å². The van der Waals surface area contributed by atoms with Gasteiger partial charge in [0.2, 0.25) is 0 Å². The van der Waals surface area contributed by atoms with E-state index >= 15 is 0 Å². The average Bonchev–Trinajstić information content (AvgIpc) is 1.91. The fraction of sp³-hybridized carbons (Fsp3) is 0.667. The van der Waals surface area contributed by atoms with Gasteiger partial charge in [0.25, 0.3) is 0 Å². The van der Waals surface area contributed by atoms with Gasteiger partial charge in [0.15, 0.2) is 0 Å². The van der Waals surface area contributed by atoms with Gasteiger partial charge in [-0.15, -0.1) is 6.58 Å². The highest BCUT2D eigenvalue weighted by atomic mass is 32.2. The van der Waals surface area contributed by atoms with Crippen LogP contribution >= 0.6 is 12.0 Å². The molecule has 0 bridgehead atoms. The van der Waals surface area contributed by atoms with Crippen LogP contribution in [0.4, 0.5) is 0 Å². The number of hydrogen-bond acceptors (Lipinski definition) is 3. The van der Waals surface area contributed by atoms with Crippen molar-refractivity contribution in [2.45, 2.75) is 18.7 Å². The molecule has 0 aliphatic heterocycles. The second kappa shape index (κ2) is 6.13. The lowest BCUT2D eigenvalue weighted by Crippen LogP contribution is -2.24. The topological polar surface area (TPSA) is 32.3 Å². The average molecular weight is 147 g/mol. The first-order valence-electron chi connectivity index (χ1n) is 2.99. The Hall–Kier alpha value is 0.01000. The van der Waals surface area contributed by atoms with Gasteiger partial charge in [0, 0.05) is 18.6 Å². The van der Waals surface area contributed by atoms with Crippen molar-refractivity contribution in [1.82, 2.24) is 5.32 Å². The first kappa shape index (κ1) is 9.01. The standard InChI is InChI=1S/C6H13NOS/c1-3-5-7-6(4-2)9-8/h3,6-8H,1,4-5H2,2H3. The molecule has 0 aromatic rings. The zero-order valence-electron chi connectivity index (χ0n) is 5.63.